The Bertz CT molecular complexity index is 467. The van der Waals surface area contributed by atoms with Crippen molar-refractivity contribution in [1.82, 2.24) is 25.7 Å². The predicted molar refractivity (Wildman–Crippen MR) is 50.2 cm³/mol. The summed E-state index contributed by atoms with van der Waals surface area (Å²) in [4.78, 5) is 10.2. The molecule has 0 unspecified atom stereocenters. The number of aromatic nitrogens is 4. The minimum absolute atomic E-state index is 0.0268. The Morgan fingerprint density at radius 2 is 2.12 bits per heavy atom. The lowest BCUT2D eigenvalue weighted by molar-refractivity contribution is 0.193. The second-order valence-corrected chi connectivity index (χ2v) is 2.81. The minimum Gasteiger partial charge on any atom is -0.472 e. The fourth-order valence-corrected chi connectivity index (χ4v) is 0.983. The quantitative estimate of drug-likeness (QED) is 0.765. The molecule has 82 valence electrons. The highest BCUT2D eigenvalue weighted by atomic mass is 16.4. The van der Waals surface area contributed by atoms with E-state index < -0.39 is 6.09 Å². The number of rotatable bonds is 3. The molecule has 16 heavy (non-hydrogen) atoms. The molecule has 0 fully saturated rings. The van der Waals surface area contributed by atoms with Gasteiger partial charge < -0.3 is 14.8 Å². The van der Waals surface area contributed by atoms with E-state index in [1.165, 1.54) is 12.5 Å². The molecular weight excluding hydrogens is 214 g/mol. The van der Waals surface area contributed by atoms with E-state index in [9.17, 15) is 4.79 Å². The predicted octanol–water partition coefficient (Wildman–Crippen LogP) is 0.294. The molecule has 0 aromatic carbocycles. The molecule has 1 amide bonds. The number of carboxylic acid groups (broad SMARTS) is 1. The molecule has 2 rings (SSSR count). The van der Waals surface area contributed by atoms with Gasteiger partial charge in [-0.3, -0.25) is 0 Å². The van der Waals surface area contributed by atoms with Gasteiger partial charge in [-0.1, -0.05) is 0 Å². The van der Waals surface area contributed by atoms with E-state index in [0.717, 1.165) is 0 Å². The van der Waals surface area contributed by atoms with Crippen LogP contribution in [-0.2, 0) is 6.54 Å². The van der Waals surface area contributed by atoms with Crippen molar-refractivity contribution < 1.29 is 14.3 Å². The number of nitrogens with one attached hydrogen (secondary N) is 1. The molecule has 0 saturated carbocycles. The Kier molecular flexibility index (Phi) is 2.72. The van der Waals surface area contributed by atoms with E-state index in [4.69, 9.17) is 9.52 Å². The first kappa shape index (κ1) is 10.0. The van der Waals surface area contributed by atoms with Gasteiger partial charge in [0.2, 0.25) is 5.82 Å². The number of furan rings is 1. The fourth-order valence-electron chi connectivity index (χ4n) is 0.983. The average molecular weight is 221 g/mol. The zero-order valence-corrected chi connectivity index (χ0v) is 7.99. The van der Waals surface area contributed by atoms with Crippen LogP contribution in [0.1, 0.15) is 5.82 Å². The zero-order chi connectivity index (χ0) is 11.4. The lowest BCUT2D eigenvalue weighted by Crippen LogP contribution is -2.22. The molecule has 2 aromatic rings. The van der Waals surface area contributed by atoms with Gasteiger partial charge in [0.05, 0.1) is 18.4 Å². The summed E-state index contributed by atoms with van der Waals surface area (Å²) in [5.41, 5.74) is 0.665. The standard InChI is InChI=1S/C8H7N5O3/c14-8(15)9-3-6-10-12-7(13-11-6)5-1-2-16-4-5/h1-2,4,9H,3H2,(H,14,15). The maximum absolute atomic E-state index is 10.2. The second kappa shape index (κ2) is 4.34. The summed E-state index contributed by atoms with van der Waals surface area (Å²) >= 11 is 0. The molecule has 0 aliphatic heterocycles. The molecule has 8 nitrogen and oxygen atoms in total. The third-order valence-corrected chi connectivity index (χ3v) is 1.70. The smallest absolute Gasteiger partial charge is 0.405 e. The minimum atomic E-state index is -1.15. The molecule has 2 aromatic heterocycles. The zero-order valence-electron chi connectivity index (χ0n) is 7.99. The number of nitrogens with zero attached hydrogens (tertiary/aromatic N) is 4. The normalized spacial score (nSPS) is 10.0. The molecule has 0 spiro atoms. The van der Waals surface area contributed by atoms with Crippen molar-refractivity contribution in [1.29, 1.82) is 0 Å². The van der Waals surface area contributed by atoms with E-state index in [1.54, 1.807) is 6.07 Å². The van der Waals surface area contributed by atoms with Gasteiger partial charge in [-0.05, 0) is 6.07 Å². The maximum Gasteiger partial charge on any atom is 0.405 e. The summed E-state index contributed by atoms with van der Waals surface area (Å²) < 4.78 is 4.85. The number of hydrogen-bond donors (Lipinski definition) is 2. The van der Waals surface area contributed by atoms with Gasteiger partial charge in [0.15, 0.2) is 5.82 Å². The molecule has 0 bridgehead atoms. The lowest BCUT2D eigenvalue weighted by Gasteiger charge is -1.98. The molecular formula is C8H7N5O3. The van der Waals surface area contributed by atoms with Crippen LogP contribution in [-0.4, -0.2) is 31.6 Å². The van der Waals surface area contributed by atoms with E-state index in [0.29, 0.717) is 11.4 Å². The van der Waals surface area contributed by atoms with Crippen molar-refractivity contribution in [3.8, 4) is 11.4 Å². The van der Waals surface area contributed by atoms with Gasteiger partial charge in [0.25, 0.3) is 0 Å². The van der Waals surface area contributed by atoms with E-state index in [1.807, 2.05) is 0 Å². The highest BCUT2D eigenvalue weighted by molar-refractivity contribution is 5.64. The Morgan fingerprint density at radius 3 is 2.69 bits per heavy atom. The molecule has 0 radical (unpaired) electrons. The van der Waals surface area contributed by atoms with Crippen molar-refractivity contribution in [2.75, 3.05) is 0 Å². The Labute approximate surface area is 89.3 Å². The largest absolute Gasteiger partial charge is 0.472 e. The van der Waals surface area contributed by atoms with Crippen molar-refractivity contribution in [3.63, 3.8) is 0 Å². The van der Waals surface area contributed by atoms with Crippen LogP contribution in [0, 0.1) is 0 Å². The van der Waals surface area contributed by atoms with Gasteiger partial charge in [-0.25, -0.2) is 4.79 Å². The molecule has 2 N–H and O–H groups in total. The Hall–Kier alpha value is -2.51. The summed E-state index contributed by atoms with van der Waals surface area (Å²) in [5.74, 6) is 0.530. The Morgan fingerprint density at radius 1 is 1.38 bits per heavy atom. The molecule has 0 atom stereocenters. The number of carbonyl (C=O) groups is 1. The van der Waals surface area contributed by atoms with Gasteiger partial charge in [0.1, 0.15) is 6.26 Å². The van der Waals surface area contributed by atoms with Gasteiger partial charge in [-0.15, -0.1) is 20.4 Å². The molecule has 8 heteroatoms. The van der Waals surface area contributed by atoms with Crippen LogP contribution in [0.4, 0.5) is 4.79 Å². The van der Waals surface area contributed by atoms with Crippen molar-refractivity contribution in [2.24, 2.45) is 0 Å². The van der Waals surface area contributed by atoms with Crippen LogP contribution < -0.4 is 5.32 Å². The monoisotopic (exact) mass is 221 g/mol. The van der Waals surface area contributed by atoms with E-state index in [2.05, 4.69) is 25.7 Å². The Balaban J connectivity index is 2.08. The lowest BCUT2D eigenvalue weighted by atomic mass is 10.3. The first-order valence-corrected chi connectivity index (χ1v) is 4.31. The van der Waals surface area contributed by atoms with Gasteiger partial charge in [-0.2, -0.15) is 0 Å². The summed E-state index contributed by atoms with van der Waals surface area (Å²) in [6.07, 6.45) is 1.80. The summed E-state index contributed by atoms with van der Waals surface area (Å²) in [5, 5.41) is 25.5. The average Bonchev–Trinajstić information content (AvgIpc) is 2.80. The first-order valence-electron chi connectivity index (χ1n) is 4.31. The number of hydrogen-bond acceptors (Lipinski definition) is 6. The van der Waals surface area contributed by atoms with E-state index >= 15 is 0 Å². The van der Waals surface area contributed by atoms with Crippen molar-refractivity contribution in [3.05, 3.63) is 24.4 Å². The first-order chi connectivity index (χ1) is 7.75. The molecule has 2 heterocycles. The van der Waals surface area contributed by atoms with Crippen LogP contribution >= 0.6 is 0 Å². The third kappa shape index (κ3) is 2.29. The van der Waals surface area contributed by atoms with Crippen molar-refractivity contribution in [2.45, 2.75) is 6.54 Å². The topological polar surface area (TPSA) is 114 Å². The van der Waals surface area contributed by atoms with E-state index in [-0.39, 0.29) is 12.4 Å². The van der Waals surface area contributed by atoms with Crippen LogP contribution in [0.15, 0.2) is 23.0 Å². The molecule has 0 aliphatic carbocycles. The highest BCUT2D eigenvalue weighted by Crippen LogP contribution is 2.11. The van der Waals surface area contributed by atoms with Gasteiger partial charge >= 0.3 is 6.09 Å². The summed E-state index contributed by atoms with van der Waals surface area (Å²) in [6, 6.07) is 1.67. The molecule has 0 saturated heterocycles. The van der Waals surface area contributed by atoms with Crippen LogP contribution in [0.25, 0.3) is 11.4 Å². The molecule has 0 aliphatic rings. The highest BCUT2D eigenvalue weighted by Gasteiger charge is 2.05. The van der Waals surface area contributed by atoms with Crippen LogP contribution in [0.5, 0.6) is 0 Å². The summed E-state index contributed by atoms with van der Waals surface area (Å²) in [7, 11) is 0. The fraction of sp³-hybridized carbons (Fsp3) is 0.125. The van der Waals surface area contributed by atoms with Crippen molar-refractivity contribution >= 4 is 6.09 Å². The van der Waals surface area contributed by atoms with Gasteiger partial charge in [0, 0.05) is 0 Å². The van der Waals surface area contributed by atoms with Crippen LogP contribution in [0.2, 0.25) is 0 Å². The summed E-state index contributed by atoms with van der Waals surface area (Å²) in [6.45, 7) is -0.0268. The number of amides is 1. The maximum atomic E-state index is 10.2. The third-order valence-electron chi connectivity index (χ3n) is 1.70. The SMILES string of the molecule is O=C(O)NCc1nnc(-c2ccoc2)nn1. The van der Waals surface area contributed by atoms with Crippen LogP contribution in [0.3, 0.4) is 0 Å². The second-order valence-electron chi connectivity index (χ2n) is 2.81.